The van der Waals surface area contributed by atoms with E-state index in [0.29, 0.717) is 0 Å². The topological polar surface area (TPSA) is 0 Å². The first-order valence-corrected chi connectivity index (χ1v) is 3.65. The first-order valence-electron chi connectivity index (χ1n) is 3.65. The van der Waals surface area contributed by atoms with Crippen molar-refractivity contribution in [1.82, 2.24) is 0 Å². The highest BCUT2D eigenvalue weighted by Gasteiger charge is 2.53. The fraction of sp³-hybridized carbons (Fsp3) is 0.875. The zero-order chi connectivity index (χ0) is 5.78. The molecular formula is C8H13-. The van der Waals surface area contributed by atoms with Crippen molar-refractivity contribution in [3.05, 3.63) is 5.92 Å². The van der Waals surface area contributed by atoms with Crippen LogP contribution in [0.3, 0.4) is 0 Å². The van der Waals surface area contributed by atoms with E-state index < -0.39 is 0 Å². The molecule has 2 saturated carbocycles. The van der Waals surface area contributed by atoms with Crippen molar-refractivity contribution in [2.24, 2.45) is 11.3 Å². The van der Waals surface area contributed by atoms with Gasteiger partial charge in [-0.25, -0.2) is 0 Å². The predicted octanol–water partition coefficient (Wildman–Crippen LogP) is 2.40. The lowest BCUT2D eigenvalue weighted by Crippen LogP contribution is -1.76. The summed E-state index contributed by atoms with van der Waals surface area (Å²) in [4.78, 5) is 0. The molecule has 0 nitrogen and oxygen atoms in total. The van der Waals surface area contributed by atoms with E-state index in [1.807, 2.05) is 5.92 Å². The van der Waals surface area contributed by atoms with E-state index in [-0.39, 0.29) is 0 Å². The first kappa shape index (κ1) is 4.84. The maximum Gasteiger partial charge on any atom is -0.0646 e. The lowest BCUT2D eigenvalue weighted by molar-refractivity contribution is 0.764. The Labute approximate surface area is 51.3 Å². The van der Waals surface area contributed by atoms with Gasteiger partial charge in [0.05, 0.1) is 0 Å². The Morgan fingerprint density at radius 2 is 2.38 bits per heavy atom. The van der Waals surface area contributed by atoms with Crippen LogP contribution in [0.25, 0.3) is 0 Å². The summed E-state index contributed by atoms with van der Waals surface area (Å²) >= 11 is 0. The second-order valence-electron chi connectivity index (χ2n) is 3.40. The molecule has 0 N–H and O–H groups in total. The van der Waals surface area contributed by atoms with Crippen LogP contribution in [0, 0.1) is 17.3 Å². The molecule has 0 amide bonds. The number of hydrogen-bond donors (Lipinski definition) is 0. The monoisotopic (exact) mass is 109 g/mol. The van der Waals surface area contributed by atoms with Crippen LogP contribution in [0.15, 0.2) is 0 Å². The molecule has 0 heterocycles. The average molecular weight is 109 g/mol. The molecule has 0 saturated heterocycles. The highest BCUT2D eigenvalue weighted by Crippen LogP contribution is 2.76. The van der Waals surface area contributed by atoms with E-state index in [1.54, 1.807) is 0 Å². The molecular weight excluding hydrogens is 96.1 g/mol. The van der Waals surface area contributed by atoms with E-state index in [4.69, 9.17) is 0 Å². The third kappa shape index (κ3) is 0.375. The smallest absolute Gasteiger partial charge is 0.0646 e. The van der Waals surface area contributed by atoms with Gasteiger partial charge in [0, 0.05) is 0 Å². The van der Waals surface area contributed by atoms with Gasteiger partial charge >= 0.3 is 0 Å². The van der Waals surface area contributed by atoms with Crippen molar-refractivity contribution < 1.29 is 0 Å². The highest BCUT2D eigenvalue weighted by atomic mass is 14.7. The second-order valence-corrected chi connectivity index (χ2v) is 3.40. The normalized spacial score (nSPS) is 52.5. The SMILES string of the molecule is CC[C-]1CC12CC2C. The van der Waals surface area contributed by atoms with Crippen molar-refractivity contribution in [1.29, 1.82) is 0 Å². The standard InChI is InChI=1S/C8H13/c1-3-7-5-8(7)4-6(8)2/h6H,3-5H2,1-2H3/q-1. The lowest BCUT2D eigenvalue weighted by Gasteiger charge is -2.01. The summed E-state index contributed by atoms with van der Waals surface area (Å²) in [5.41, 5.74) is 0.842. The number of hydrogen-bond acceptors (Lipinski definition) is 0. The van der Waals surface area contributed by atoms with Crippen LogP contribution in [0.1, 0.15) is 33.1 Å². The Morgan fingerprint density at radius 3 is 2.50 bits per heavy atom. The van der Waals surface area contributed by atoms with E-state index in [0.717, 1.165) is 11.3 Å². The summed E-state index contributed by atoms with van der Waals surface area (Å²) in [6, 6.07) is 0. The summed E-state index contributed by atoms with van der Waals surface area (Å²) < 4.78 is 0. The van der Waals surface area contributed by atoms with Gasteiger partial charge in [0.15, 0.2) is 0 Å². The summed E-state index contributed by atoms with van der Waals surface area (Å²) in [5.74, 6) is 2.91. The van der Waals surface area contributed by atoms with Gasteiger partial charge in [0.25, 0.3) is 0 Å². The van der Waals surface area contributed by atoms with Crippen LogP contribution in [0.5, 0.6) is 0 Å². The Bertz CT molecular complexity index is 117. The van der Waals surface area contributed by atoms with Crippen LogP contribution in [-0.4, -0.2) is 0 Å². The van der Waals surface area contributed by atoms with Crippen molar-refractivity contribution in [3.8, 4) is 0 Å². The summed E-state index contributed by atoms with van der Waals surface area (Å²) in [6.07, 6.45) is 4.34. The lowest BCUT2D eigenvalue weighted by atomic mass is 10.2. The molecule has 2 aliphatic carbocycles. The second kappa shape index (κ2) is 1.12. The average Bonchev–Trinajstić information content (AvgIpc) is 2.55. The summed E-state index contributed by atoms with van der Waals surface area (Å²) in [7, 11) is 0. The van der Waals surface area contributed by atoms with Crippen molar-refractivity contribution >= 4 is 0 Å². The van der Waals surface area contributed by atoms with Gasteiger partial charge in [-0.1, -0.05) is 26.2 Å². The number of rotatable bonds is 1. The fourth-order valence-corrected chi connectivity index (χ4v) is 2.04. The Hall–Kier alpha value is 0. The van der Waals surface area contributed by atoms with Gasteiger partial charge < -0.3 is 5.92 Å². The Morgan fingerprint density at radius 1 is 1.75 bits per heavy atom. The quantitative estimate of drug-likeness (QED) is 0.453. The molecule has 46 valence electrons. The molecule has 2 unspecified atom stereocenters. The Balaban J connectivity index is 1.97. The Kier molecular flexibility index (Phi) is 0.678. The molecule has 0 aromatic heterocycles. The molecule has 0 aromatic rings. The van der Waals surface area contributed by atoms with Crippen LogP contribution in [0.4, 0.5) is 0 Å². The first-order chi connectivity index (χ1) is 3.79. The van der Waals surface area contributed by atoms with Gasteiger partial charge in [-0.2, -0.15) is 18.3 Å². The van der Waals surface area contributed by atoms with Crippen LogP contribution >= 0.6 is 0 Å². The molecule has 2 rings (SSSR count). The summed E-state index contributed by atoms with van der Waals surface area (Å²) in [5, 5.41) is 0. The third-order valence-electron chi connectivity index (χ3n) is 2.99. The molecule has 1 spiro atoms. The minimum Gasteiger partial charge on any atom is -0.312 e. The third-order valence-corrected chi connectivity index (χ3v) is 2.99. The zero-order valence-electron chi connectivity index (χ0n) is 5.70. The fourth-order valence-electron chi connectivity index (χ4n) is 2.04. The molecule has 0 radical (unpaired) electrons. The van der Waals surface area contributed by atoms with Crippen LogP contribution < -0.4 is 0 Å². The zero-order valence-corrected chi connectivity index (χ0v) is 5.70. The molecule has 0 heteroatoms. The van der Waals surface area contributed by atoms with Gasteiger partial charge in [0.2, 0.25) is 0 Å². The molecule has 0 bridgehead atoms. The molecule has 0 aliphatic heterocycles. The molecule has 2 atom stereocenters. The van der Waals surface area contributed by atoms with Gasteiger partial charge in [-0.3, -0.25) is 0 Å². The van der Waals surface area contributed by atoms with Gasteiger partial charge in [-0.05, 0) is 0 Å². The summed E-state index contributed by atoms with van der Waals surface area (Å²) in [6.45, 7) is 4.66. The van der Waals surface area contributed by atoms with E-state index in [2.05, 4.69) is 13.8 Å². The largest absolute Gasteiger partial charge is 0.312 e. The van der Waals surface area contributed by atoms with Crippen molar-refractivity contribution in [3.63, 3.8) is 0 Å². The van der Waals surface area contributed by atoms with E-state index in [1.165, 1.54) is 19.3 Å². The molecule has 2 fully saturated rings. The van der Waals surface area contributed by atoms with E-state index in [9.17, 15) is 0 Å². The molecule has 2 aliphatic rings. The molecule has 0 aromatic carbocycles. The van der Waals surface area contributed by atoms with Gasteiger partial charge in [0.1, 0.15) is 0 Å². The van der Waals surface area contributed by atoms with E-state index >= 15 is 0 Å². The van der Waals surface area contributed by atoms with Crippen molar-refractivity contribution in [2.45, 2.75) is 33.1 Å². The highest BCUT2D eigenvalue weighted by molar-refractivity contribution is 5.34. The predicted molar refractivity (Wildman–Crippen MR) is 34.4 cm³/mol. The van der Waals surface area contributed by atoms with Crippen LogP contribution in [-0.2, 0) is 0 Å². The van der Waals surface area contributed by atoms with Gasteiger partial charge in [-0.15, -0.1) is 0 Å². The van der Waals surface area contributed by atoms with Crippen molar-refractivity contribution in [2.75, 3.05) is 0 Å². The minimum atomic E-state index is 0.842. The maximum atomic E-state index is 2.38. The maximum absolute atomic E-state index is 2.38. The van der Waals surface area contributed by atoms with Crippen LogP contribution in [0.2, 0.25) is 0 Å². The molecule has 8 heavy (non-hydrogen) atoms. The minimum absolute atomic E-state index is 0.842.